The Hall–Kier alpha value is -3.45. The van der Waals surface area contributed by atoms with E-state index in [9.17, 15) is 4.79 Å². The van der Waals surface area contributed by atoms with Gasteiger partial charge in [-0.1, -0.05) is 18.2 Å². The predicted octanol–water partition coefficient (Wildman–Crippen LogP) is 4.92. The summed E-state index contributed by atoms with van der Waals surface area (Å²) in [6, 6.07) is 21.6. The molecule has 0 unspecified atom stereocenters. The van der Waals surface area contributed by atoms with Crippen molar-refractivity contribution in [2.75, 3.05) is 12.9 Å². The van der Waals surface area contributed by atoms with Crippen molar-refractivity contribution in [2.24, 2.45) is 0 Å². The van der Waals surface area contributed by atoms with Crippen molar-refractivity contribution in [3.63, 3.8) is 0 Å². The monoisotopic (exact) mass is 431 g/mol. The van der Waals surface area contributed by atoms with Gasteiger partial charge in [0.2, 0.25) is 5.91 Å². The molecule has 0 radical (unpaired) electrons. The number of methoxy groups -OCH3 is 1. The summed E-state index contributed by atoms with van der Waals surface area (Å²) in [7, 11) is 1.65. The summed E-state index contributed by atoms with van der Waals surface area (Å²) in [5.74, 6) is 2.09. The highest BCUT2D eigenvalue weighted by atomic mass is 32.2. The van der Waals surface area contributed by atoms with Crippen molar-refractivity contribution in [1.82, 2.24) is 14.7 Å². The molecule has 0 spiro atoms. The highest BCUT2D eigenvalue weighted by molar-refractivity contribution is 8.00. The normalized spacial score (nSPS) is 16.1. The van der Waals surface area contributed by atoms with Crippen LogP contribution in [0.4, 0.5) is 0 Å². The summed E-state index contributed by atoms with van der Waals surface area (Å²) in [6.07, 6.45) is 3.66. The molecule has 1 amide bonds. The van der Waals surface area contributed by atoms with E-state index >= 15 is 0 Å². The second-order valence-corrected chi connectivity index (χ2v) is 8.27. The van der Waals surface area contributed by atoms with Crippen LogP contribution in [0, 0.1) is 0 Å². The van der Waals surface area contributed by atoms with E-state index in [-0.39, 0.29) is 11.3 Å². The Morgan fingerprint density at radius 3 is 2.61 bits per heavy atom. The fraction of sp³-hybridized carbons (Fsp3) is 0.167. The second kappa shape index (κ2) is 8.35. The highest BCUT2D eigenvalue weighted by Crippen LogP contribution is 2.43. The number of hydrogen-bond donors (Lipinski definition) is 0. The molecule has 156 valence electrons. The van der Waals surface area contributed by atoms with Crippen LogP contribution in [0.5, 0.6) is 5.75 Å². The minimum atomic E-state index is -0.146. The van der Waals surface area contributed by atoms with Gasteiger partial charge in [-0.05, 0) is 48.5 Å². The van der Waals surface area contributed by atoms with Crippen LogP contribution in [0.25, 0.3) is 16.9 Å². The second-order valence-electron chi connectivity index (χ2n) is 7.21. The lowest BCUT2D eigenvalue weighted by Gasteiger charge is -2.23. The van der Waals surface area contributed by atoms with Gasteiger partial charge in [-0.3, -0.25) is 4.79 Å². The molecule has 1 aliphatic heterocycles. The molecule has 1 aliphatic rings. The molecule has 6 nitrogen and oxygen atoms in total. The standard InChI is InChI=1S/C24H21N3O3S/c1-29-19-11-9-17(10-12-19)23-21(15-27(25-23)18-6-3-2-4-7-18)24-26(22(28)16-31-24)14-20-8-5-13-30-20/h2-13,15,24H,14,16H2,1H3/t24-/m0/s1. The maximum absolute atomic E-state index is 12.7. The number of para-hydroxylation sites is 1. The molecule has 0 aliphatic carbocycles. The number of aromatic nitrogens is 2. The van der Waals surface area contributed by atoms with E-state index in [0.29, 0.717) is 12.3 Å². The molecule has 2 aromatic heterocycles. The Kier molecular flexibility index (Phi) is 5.26. The lowest BCUT2D eigenvalue weighted by molar-refractivity contribution is -0.128. The maximum Gasteiger partial charge on any atom is 0.234 e. The first kappa shape index (κ1) is 19.5. The number of carbonyl (C=O) groups excluding carboxylic acids is 1. The number of benzene rings is 2. The lowest BCUT2D eigenvalue weighted by atomic mass is 10.1. The Morgan fingerprint density at radius 2 is 1.90 bits per heavy atom. The van der Waals surface area contributed by atoms with Crippen molar-refractivity contribution in [3.8, 4) is 22.7 Å². The summed E-state index contributed by atoms with van der Waals surface area (Å²) in [5, 5.41) is 4.76. The molecule has 2 aromatic carbocycles. The minimum Gasteiger partial charge on any atom is -0.497 e. The maximum atomic E-state index is 12.7. The molecule has 0 N–H and O–H groups in total. The average Bonchev–Trinajstić information content (AvgIpc) is 3.56. The van der Waals surface area contributed by atoms with Crippen LogP contribution < -0.4 is 4.74 Å². The van der Waals surface area contributed by atoms with Crippen molar-refractivity contribution in [1.29, 1.82) is 0 Å². The Balaban J connectivity index is 1.58. The number of thioether (sulfide) groups is 1. The highest BCUT2D eigenvalue weighted by Gasteiger charge is 2.36. The SMILES string of the molecule is COc1ccc(-c2nn(-c3ccccc3)cc2[C@@H]2SCC(=O)N2Cc2ccco2)cc1. The van der Waals surface area contributed by atoms with Gasteiger partial charge in [0.25, 0.3) is 0 Å². The molecule has 3 heterocycles. The van der Waals surface area contributed by atoms with Gasteiger partial charge in [0.1, 0.15) is 16.9 Å². The van der Waals surface area contributed by atoms with Gasteiger partial charge < -0.3 is 14.1 Å². The summed E-state index contributed by atoms with van der Waals surface area (Å²) in [5.41, 5.74) is 3.79. The first-order valence-corrected chi connectivity index (χ1v) is 11.0. The third-order valence-corrected chi connectivity index (χ3v) is 6.50. The van der Waals surface area contributed by atoms with Crippen LogP contribution in [-0.2, 0) is 11.3 Å². The van der Waals surface area contributed by atoms with Crippen LogP contribution in [0.3, 0.4) is 0 Å². The Bertz CT molecular complexity index is 1170. The zero-order valence-electron chi connectivity index (χ0n) is 17.0. The van der Waals surface area contributed by atoms with Gasteiger partial charge in [-0.25, -0.2) is 4.68 Å². The van der Waals surface area contributed by atoms with E-state index in [1.54, 1.807) is 25.1 Å². The zero-order chi connectivity index (χ0) is 21.2. The molecule has 31 heavy (non-hydrogen) atoms. The van der Waals surface area contributed by atoms with Gasteiger partial charge >= 0.3 is 0 Å². The first-order valence-electron chi connectivity index (χ1n) is 9.96. The Labute approximate surface area is 184 Å². The molecule has 0 saturated carbocycles. The minimum absolute atomic E-state index is 0.0968. The van der Waals surface area contributed by atoms with Crippen molar-refractivity contribution in [2.45, 2.75) is 11.9 Å². The number of ether oxygens (including phenoxy) is 1. The van der Waals surface area contributed by atoms with Gasteiger partial charge in [-0.2, -0.15) is 5.10 Å². The van der Waals surface area contributed by atoms with Crippen LogP contribution in [0.2, 0.25) is 0 Å². The summed E-state index contributed by atoms with van der Waals surface area (Å²) >= 11 is 1.62. The summed E-state index contributed by atoms with van der Waals surface area (Å²) in [6.45, 7) is 0.433. The Morgan fingerprint density at radius 1 is 1.10 bits per heavy atom. The summed E-state index contributed by atoms with van der Waals surface area (Å²) < 4.78 is 12.7. The third kappa shape index (κ3) is 3.84. The molecule has 5 rings (SSSR count). The molecule has 7 heteroatoms. The fourth-order valence-electron chi connectivity index (χ4n) is 3.71. The van der Waals surface area contributed by atoms with Crippen LogP contribution in [0.1, 0.15) is 16.7 Å². The van der Waals surface area contributed by atoms with Gasteiger partial charge in [-0.15, -0.1) is 11.8 Å². The number of nitrogens with zero attached hydrogens (tertiary/aromatic N) is 3. The van der Waals surface area contributed by atoms with Crippen LogP contribution >= 0.6 is 11.8 Å². The topological polar surface area (TPSA) is 60.5 Å². The predicted molar refractivity (Wildman–Crippen MR) is 120 cm³/mol. The number of furan rings is 1. The molecule has 4 aromatic rings. The largest absolute Gasteiger partial charge is 0.497 e. The van der Waals surface area contributed by atoms with Gasteiger partial charge in [0.05, 0.1) is 37.1 Å². The molecular weight excluding hydrogens is 410 g/mol. The smallest absolute Gasteiger partial charge is 0.234 e. The molecule has 1 saturated heterocycles. The van der Waals surface area contributed by atoms with Gasteiger partial charge in [0, 0.05) is 17.3 Å². The van der Waals surface area contributed by atoms with Crippen molar-refractivity contribution < 1.29 is 13.9 Å². The van der Waals surface area contributed by atoms with Crippen molar-refractivity contribution >= 4 is 17.7 Å². The molecule has 1 fully saturated rings. The van der Waals surface area contributed by atoms with E-state index in [2.05, 4.69) is 0 Å². The van der Waals surface area contributed by atoms with Crippen molar-refractivity contribution in [3.05, 3.63) is 90.5 Å². The van der Waals surface area contributed by atoms with E-state index in [0.717, 1.165) is 34.0 Å². The number of hydrogen-bond acceptors (Lipinski definition) is 5. The van der Waals surface area contributed by atoms with E-state index in [4.69, 9.17) is 14.3 Å². The molecule has 0 bridgehead atoms. The average molecular weight is 432 g/mol. The number of carbonyl (C=O) groups is 1. The van der Waals surface area contributed by atoms with E-state index in [1.165, 1.54) is 0 Å². The van der Waals surface area contributed by atoms with E-state index in [1.807, 2.05) is 82.5 Å². The van der Waals surface area contributed by atoms with Crippen LogP contribution in [-0.4, -0.2) is 33.5 Å². The number of rotatable bonds is 6. The third-order valence-electron chi connectivity index (χ3n) is 5.27. The lowest BCUT2D eigenvalue weighted by Crippen LogP contribution is -2.27. The number of amides is 1. The molecule has 1 atom stereocenters. The van der Waals surface area contributed by atoms with E-state index < -0.39 is 0 Å². The zero-order valence-corrected chi connectivity index (χ0v) is 17.8. The summed E-state index contributed by atoms with van der Waals surface area (Å²) in [4.78, 5) is 14.6. The van der Waals surface area contributed by atoms with Gasteiger partial charge in [0.15, 0.2) is 0 Å². The fourth-order valence-corrected chi connectivity index (χ4v) is 4.90. The molecular formula is C24H21N3O3S. The quantitative estimate of drug-likeness (QED) is 0.434. The van der Waals surface area contributed by atoms with Crippen LogP contribution in [0.15, 0.2) is 83.6 Å². The first-order chi connectivity index (χ1) is 15.2.